The number of methoxy groups -OCH3 is 1. The van der Waals surface area contributed by atoms with Crippen molar-refractivity contribution in [3.05, 3.63) is 29.8 Å². The van der Waals surface area contributed by atoms with Crippen LogP contribution in [0, 0.1) is 11.8 Å². The number of amides is 1. The maximum Gasteiger partial charge on any atom is 0.220 e. The monoisotopic (exact) mass is 354 g/mol. The highest BCUT2D eigenvalue weighted by Crippen LogP contribution is 2.29. The van der Waals surface area contributed by atoms with Crippen LogP contribution in [0.5, 0.6) is 5.75 Å². The predicted molar refractivity (Wildman–Crippen MR) is 101 cm³/mol. The predicted octanol–water partition coefficient (Wildman–Crippen LogP) is 3.71. The average Bonchev–Trinajstić information content (AvgIpc) is 3.05. The minimum absolute atomic E-state index is 0. The van der Waals surface area contributed by atoms with E-state index in [4.69, 9.17) is 4.74 Å². The van der Waals surface area contributed by atoms with Crippen molar-refractivity contribution in [2.24, 2.45) is 11.8 Å². The van der Waals surface area contributed by atoms with Crippen molar-refractivity contribution in [3.63, 3.8) is 0 Å². The number of hydrogen-bond acceptors (Lipinski definition) is 3. The normalized spacial score (nSPS) is 18.1. The third-order valence-corrected chi connectivity index (χ3v) is 4.50. The van der Waals surface area contributed by atoms with Gasteiger partial charge in [0.1, 0.15) is 5.75 Å². The summed E-state index contributed by atoms with van der Waals surface area (Å²) in [6.45, 7) is 6.50. The van der Waals surface area contributed by atoms with E-state index < -0.39 is 0 Å². The van der Waals surface area contributed by atoms with Crippen LogP contribution in [0.4, 0.5) is 0 Å². The van der Waals surface area contributed by atoms with Crippen LogP contribution in [0.15, 0.2) is 24.3 Å². The van der Waals surface area contributed by atoms with Crippen molar-refractivity contribution in [1.29, 1.82) is 0 Å². The molecule has 2 N–H and O–H groups in total. The molecule has 1 saturated heterocycles. The largest absolute Gasteiger partial charge is 0.496 e. The Bertz CT molecular complexity index is 502. The first-order valence-electron chi connectivity index (χ1n) is 8.73. The minimum atomic E-state index is 0. The fourth-order valence-electron chi connectivity index (χ4n) is 3.25. The minimum Gasteiger partial charge on any atom is -0.496 e. The summed E-state index contributed by atoms with van der Waals surface area (Å²) >= 11 is 0. The van der Waals surface area contributed by atoms with Gasteiger partial charge in [-0.05, 0) is 50.3 Å². The second-order valence-corrected chi connectivity index (χ2v) is 6.89. The van der Waals surface area contributed by atoms with Crippen molar-refractivity contribution in [2.75, 3.05) is 20.2 Å². The molecule has 2 rings (SSSR count). The molecule has 24 heavy (non-hydrogen) atoms. The van der Waals surface area contributed by atoms with Crippen LogP contribution >= 0.6 is 12.4 Å². The molecule has 1 aliphatic heterocycles. The molecule has 1 heterocycles. The van der Waals surface area contributed by atoms with Gasteiger partial charge in [0.05, 0.1) is 13.2 Å². The lowest BCUT2D eigenvalue weighted by molar-refractivity contribution is -0.122. The molecule has 1 aliphatic rings. The van der Waals surface area contributed by atoms with Crippen LogP contribution in [-0.2, 0) is 4.79 Å². The van der Waals surface area contributed by atoms with Crippen LogP contribution < -0.4 is 15.4 Å². The lowest BCUT2D eigenvalue weighted by atomic mass is 9.95. The van der Waals surface area contributed by atoms with Crippen molar-refractivity contribution in [1.82, 2.24) is 10.6 Å². The molecular formula is C19H31ClN2O2. The fourth-order valence-corrected chi connectivity index (χ4v) is 3.25. The number of para-hydroxylation sites is 1. The van der Waals surface area contributed by atoms with Crippen LogP contribution in [-0.4, -0.2) is 26.1 Å². The summed E-state index contributed by atoms with van der Waals surface area (Å²) in [6.07, 6.45) is 3.68. The molecule has 0 spiro atoms. The van der Waals surface area contributed by atoms with Gasteiger partial charge in [-0.3, -0.25) is 4.79 Å². The van der Waals surface area contributed by atoms with Gasteiger partial charge in [0.15, 0.2) is 0 Å². The van der Waals surface area contributed by atoms with Gasteiger partial charge in [0.2, 0.25) is 5.91 Å². The standard InChI is InChI=1S/C19H30N2O2.ClH/c1-14(2)12-17(16-6-4-5-7-18(16)23-3)21-19(22)9-8-15-10-11-20-13-15;/h4-7,14-15,17,20H,8-13H2,1-3H3,(H,21,22);1H. The number of halogens is 1. The Labute approximate surface area is 152 Å². The topological polar surface area (TPSA) is 50.4 Å². The summed E-state index contributed by atoms with van der Waals surface area (Å²) in [5.74, 6) is 2.15. The van der Waals surface area contributed by atoms with Gasteiger partial charge in [-0.1, -0.05) is 32.0 Å². The van der Waals surface area contributed by atoms with E-state index in [9.17, 15) is 4.79 Å². The van der Waals surface area contributed by atoms with Gasteiger partial charge in [-0.2, -0.15) is 0 Å². The molecule has 5 heteroatoms. The molecule has 0 radical (unpaired) electrons. The van der Waals surface area contributed by atoms with Crippen molar-refractivity contribution >= 4 is 18.3 Å². The summed E-state index contributed by atoms with van der Waals surface area (Å²) in [5.41, 5.74) is 1.07. The quantitative estimate of drug-likeness (QED) is 0.748. The molecule has 2 atom stereocenters. The number of hydrogen-bond donors (Lipinski definition) is 2. The van der Waals surface area contributed by atoms with E-state index in [0.29, 0.717) is 18.3 Å². The number of benzene rings is 1. The molecule has 1 aromatic carbocycles. The lowest BCUT2D eigenvalue weighted by Crippen LogP contribution is -2.30. The SMILES string of the molecule is COc1ccccc1C(CC(C)C)NC(=O)CCC1CCNC1.Cl. The van der Waals surface area contributed by atoms with Crippen LogP contribution in [0.3, 0.4) is 0 Å². The van der Waals surface area contributed by atoms with Gasteiger partial charge < -0.3 is 15.4 Å². The molecular weight excluding hydrogens is 324 g/mol. The smallest absolute Gasteiger partial charge is 0.220 e. The summed E-state index contributed by atoms with van der Waals surface area (Å²) in [5, 5.41) is 6.58. The third-order valence-electron chi connectivity index (χ3n) is 4.50. The summed E-state index contributed by atoms with van der Waals surface area (Å²) in [4.78, 5) is 12.4. The Morgan fingerprint density at radius 1 is 1.38 bits per heavy atom. The van der Waals surface area contributed by atoms with Crippen molar-refractivity contribution < 1.29 is 9.53 Å². The van der Waals surface area contributed by atoms with E-state index >= 15 is 0 Å². The maximum absolute atomic E-state index is 12.4. The molecule has 0 aromatic heterocycles. The van der Waals surface area contributed by atoms with E-state index in [-0.39, 0.29) is 24.4 Å². The van der Waals surface area contributed by atoms with E-state index in [1.54, 1.807) is 7.11 Å². The number of rotatable bonds is 8. The van der Waals surface area contributed by atoms with Crippen LogP contribution in [0.1, 0.15) is 51.1 Å². The molecule has 1 fully saturated rings. The molecule has 136 valence electrons. The van der Waals surface area contributed by atoms with E-state index in [2.05, 4.69) is 24.5 Å². The zero-order chi connectivity index (χ0) is 16.7. The molecule has 2 unspecified atom stereocenters. The molecule has 1 amide bonds. The number of ether oxygens (including phenoxy) is 1. The highest BCUT2D eigenvalue weighted by molar-refractivity contribution is 5.85. The van der Waals surface area contributed by atoms with Gasteiger partial charge in [0, 0.05) is 12.0 Å². The second kappa shape index (κ2) is 10.6. The summed E-state index contributed by atoms with van der Waals surface area (Å²) in [7, 11) is 1.68. The fraction of sp³-hybridized carbons (Fsp3) is 0.632. The Kier molecular flexibility index (Phi) is 9.16. The molecule has 4 nitrogen and oxygen atoms in total. The molecule has 0 saturated carbocycles. The van der Waals surface area contributed by atoms with Gasteiger partial charge >= 0.3 is 0 Å². The van der Waals surface area contributed by atoms with Crippen molar-refractivity contribution in [3.8, 4) is 5.75 Å². The Hall–Kier alpha value is -1.26. The first-order chi connectivity index (χ1) is 11.1. The van der Waals surface area contributed by atoms with Crippen LogP contribution in [0.25, 0.3) is 0 Å². The highest BCUT2D eigenvalue weighted by Gasteiger charge is 2.21. The number of carbonyl (C=O) groups is 1. The first kappa shape index (κ1) is 20.8. The Balaban J connectivity index is 0.00000288. The van der Waals surface area contributed by atoms with Gasteiger partial charge in [0.25, 0.3) is 0 Å². The summed E-state index contributed by atoms with van der Waals surface area (Å²) < 4.78 is 5.47. The van der Waals surface area contributed by atoms with Gasteiger partial charge in [-0.15, -0.1) is 12.4 Å². The Morgan fingerprint density at radius 3 is 2.75 bits per heavy atom. The Morgan fingerprint density at radius 2 is 2.12 bits per heavy atom. The highest BCUT2D eigenvalue weighted by atomic mass is 35.5. The molecule has 0 bridgehead atoms. The van der Waals surface area contributed by atoms with E-state index in [0.717, 1.165) is 37.2 Å². The number of carbonyl (C=O) groups excluding carboxylic acids is 1. The maximum atomic E-state index is 12.4. The third kappa shape index (κ3) is 6.33. The number of nitrogens with one attached hydrogen (secondary N) is 2. The lowest BCUT2D eigenvalue weighted by Gasteiger charge is -2.23. The molecule has 1 aromatic rings. The average molecular weight is 355 g/mol. The molecule has 0 aliphatic carbocycles. The second-order valence-electron chi connectivity index (χ2n) is 6.89. The zero-order valence-electron chi connectivity index (χ0n) is 15.0. The summed E-state index contributed by atoms with van der Waals surface area (Å²) in [6, 6.07) is 7.98. The van der Waals surface area contributed by atoms with E-state index in [1.165, 1.54) is 6.42 Å². The van der Waals surface area contributed by atoms with Gasteiger partial charge in [-0.25, -0.2) is 0 Å². The zero-order valence-corrected chi connectivity index (χ0v) is 15.8. The van der Waals surface area contributed by atoms with Crippen molar-refractivity contribution in [2.45, 2.75) is 45.6 Å². The van der Waals surface area contributed by atoms with E-state index in [1.807, 2.05) is 24.3 Å². The van der Waals surface area contributed by atoms with Crippen LogP contribution in [0.2, 0.25) is 0 Å². The first-order valence-corrected chi connectivity index (χ1v) is 8.73.